The summed E-state index contributed by atoms with van der Waals surface area (Å²) in [6.07, 6.45) is -3.89. The Balaban J connectivity index is 0.000000145. The van der Waals surface area contributed by atoms with Crippen LogP contribution in [0.4, 0.5) is 82.1 Å². The van der Waals surface area contributed by atoms with Gasteiger partial charge in [-0.2, -0.15) is 13.2 Å². The van der Waals surface area contributed by atoms with Gasteiger partial charge in [0.05, 0.1) is 75.7 Å². The molecule has 0 atom stereocenters. The van der Waals surface area contributed by atoms with Gasteiger partial charge in [-0.05, 0) is 154 Å². The van der Waals surface area contributed by atoms with Crippen molar-refractivity contribution in [3.63, 3.8) is 0 Å². The summed E-state index contributed by atoms with van der Waals surface area (Å²) in [4.78, 5) is 132. The lowest BCUT2D eigenvalue weighted by Gasteiger charge is -2.28. The molecule has 0 bridgehead atoms. The van der Waals surface area contributed by atoms with Crippen molar-refractivity contribution in [3.05, 3.63) is 202 Å². The summed E-state index contributed by atoms with van der Waals surface area (Å²) in [5.41, 5.74) is 8.37. The predicted molar refractivity (Wildman–Crippen MR) is 454 cm³/mol. The topological polar surface area (TPSA) is 415 Å². The summed E-state index contributed by atoms with van der Waals surface area (Å²) < 4.78 is 114. The second kappa shape index (κ2) is 41.4. The van der Waals surface area contributed by atoms with Gasteiger partial charge in [0.2, 0.25) is 23.8 Å². The molecule has 41 heteroatoms. The number of benzene rings is 7. The Morgan fingerprint density at radius 3 is 1.21 bits per heavy atom. The molecule has 0 aliphatic carbocycles. The van der Waals surface area contributed by atoms with Crippen LogP contribution in [-0.2, 0) is 60.9 Å². The minimum absolute atomic E-state index is 0.0115. The van der Waals surface area contributed by atoms with Crippen LogP contribution in [0, 0.1) is 13.8 Å². The molecule has 34 nitrogen and oxygen atoms in total. The number of anilines is 8. The van der Waals surface area contributed by atoms with Gasteiger partial charge in [0, 0.05) is 148 Å². The number of aryl methyl sites for hydroxylation is 6. The first-order chi connectivity index (χ1) is 61.2. The number of nitrogens with one attached hydrogen (secondary N) is 5. The fraction of sp³-hybridized carbons (Fsp3) is 0.326. The number of aromatic nitrogens is 10. The molecule has 0 radical (unpaired) electrons. The van der Waals surface area contributed by atoms with E-state index < -0.39 is 48.2 Å². The van der Waals surface area contributed by atoms with Crippen LogP contribution in [0.25, 0.3) is 44.1 Å². The maximum absolute atomic E-state index is 13.1. The number of imidazole rings is 4. The Labute approximate surface area is 718 Å². The molecule has 0 unspecified atom stereocenters. The first kappa shape index (κ1) is 91.0. The highest BCUT2D eigenvalue weighted by Gasteiger charge is 2.33. The Bertz CT molecular complexity index is 6050. The maximum atomic E-state index is 13.1. The standard InChI is InChI=1S/C23H23F3N4O4.C23H24F2N4O4.C21H21F2N5O3.C19H20N6O4/c1-14-10-19-17(12-18(14)29-7-9-34-13-20(29)32)27-22(30(19)6-3-8-31)28-21(33)15-4-2-5-16(11-15)23(24,25)26;1-14-10-19-17(12-18(14)28-7-9-33-13-20(28)31)26-23(29(19)6-3-8-30)27-22(32)16-5-2-4-15(11-16)21(24)25;22-18(23)13-3-1-4-14(11-13)19(30)26-20-25-16-12-15(27-9-7-24-21(27)31)5-6-17(16)28(20)8-2-10-29;26-8-1-6-25-16-3-2-13(24-7-9-29-12-17(24)27)10-14(16)22-19(25)23-18(28)15-11-20-4-5-21-15/h2,4-5,10-12,31H,3,6-9,13H2,1H3,(H,27,28,33);2,4-5,10-12,21,30H,3,6-9,13H2,1H3,(H,26,27,32);1,3-6,11-12,18,29H,2,7-10H2,(H,24,31)(H,25,26,30);2-5,10-11,26H,1,6-9,12H2,(H,22,23,28). The molecule has 9 amide bonds. The highest BCUT2D eigenvalue weighted by atomic mass is 19.4. The van der Waals surface area contributed by atoms with Crippen LogP contribution < -0.4 is 46.2 Å². The number of nitrogens with zero attached hydrogens (tertiary/aromatic N) is 14. The van der Waals surface area contributed by atoms with E-state index in [1.807, 2.05) is 48.7 Å². The number of halogens is 7. The third-order valence-electron chi connectivity index (χ3n) is 20.7. The molecule has 4 fully saturated rings. The monoisotopic (exact) mass is 1760 g/mol. The van der Waals surface area contributed by atoms with Crippen LogP contribution >= 0.6 is 0 Å². The summed E-state index contributed by atoms with van der Waals surface area (Å²) in [6, 6.07) is 32.6. The Kier molecular flexibility index (Phi) is 29.7. The zero-order valence-corrected chi connectivity index (χ0v) is 68.5. The van der Waals surface area contributed by atoms with Crippen LogP contribution in [0.3, 0.4) is 0 Å². The van der Waals surface area contributed by atoms with Crippen molar-refractivity contribution >= 4 is 138 Å². The minimum Gasteiger partial charge on any atom is -0.396 e. The molecule has 5 aromatic heterocycles. The number of aliphatic hydroxyl groups is 4. The smallest absolute Gasteiger partial charge is 0.396 e. The molecule has 0 spiro atoms. The van der Waals surface area contributed by atoms with E-state index >= 15 is 0 Å². The lowest BCUT2D eigenvalue weighted by atomic mass is 10.1. The molecule has 7 aromatic carbocycles. The number of morpholine rings is 3. The van der Waals surface area contributed by atoms with Gasteiger partial charge in [-0.3, -0.25) is 64.7 Å². The van der Waals surface area contributed by atoms with Crippen molar-refractivity contribution in [2.24, 2.45) is 0 Å². The molecule has 4 aliphatic heterocycles. The second-order valence-corrected chi connectivity index (χ2v) is 29.3. The van der Waals surface area contributed by atoms with Crippen molar-refractivity contribution in [3.8, 4) is 0 Å². The first-order valence-electron chi connectivity index (χ1n) is 40.3. The van der Waals surface area contributed by atoms with Gasteiger partial charge in [-0.25, -0.2) is 47.3 Å². The SMILES string of the molecule is Cc1cc2c(cc1N1CCOCC1=O)nc(NC(=O)c1cccc(C(F)(F)F)c1)n2CCCO.Cc1cc2c(cc1N1CCOCC1=O)nc(NC(=O)c1cccc(C(F)F)c1)n2CCCO.O=C(Nc1nc2cc(N3CCNC3=O)ccc2n1CCCO)c1cccc(C(F)F)c1.O=C(Nc1nc2cc(N3CCOCC3=O)ccc2n1CCCO)c1cnccn1. The van der Waals surface area contributed by atoms with Gasteiger partial charge in [0.1, 0.15) is 25.5 Å². The molecule has 4 saturated heterocycles. The van der Waals surface area contributed by atoms with Gasteiger partial charge in [-0.15, -0.1) is 0 Å². The zero-order chi connectivity index (χ0) is 90.2. The average Bonchev–Trinajstić information content (AvgIpc) is 1.70. The minimum atomic E-state index is -4.57. The van der Waals surface area contributed by atoms with E-state index in [0.717, 1.165) is 52.1 Å². The number of urea groups is 1. The molecule has 0 saturated carbocycles. The fourth-order valence-corrected chi connectivity index (χ4v) is 14.5. The van der Waals surface area contributed by atoms with Crippen LogP contribution in [0.2, 0.25) is 0 Å². The van der Waals surface area contributed by atoms with E-state index in [2.05, 4.69) is 56.5 Å². The van der Waals surface area contributed by atoms with Crippen LogP contribution in [-0.4, -0.2) is 215 Å². The van der Waals surface area contributed by atoms with E-state index in [0.29, 0.717) is 161 Å². The number of hydrogen-bond acceptors (Lipinski definition) is 21. The van der Waals surface area contributed by atoms with Crippen molar-refractivity contribution in [1.29, 1.82) is 0 Å². The summed E-state index contributed by atoms with van der Waals surface area (Å²) >= 11 is 0. The summed E-state index contributed by atoms with van der Waals surface area (Å²) in [5.74, 6) is -1.79. The lowest BCUT2D eigenvalue weighted by Crippen LogP contribution is -2.42. The largest absolute Gasteiger partial charge is 0.416 e. The van der Waals surface area contributed by atoms with Gasteiger partial charge in [-0.1, -0.05) is 30.3 Å². The van der Waals surface area contributed by atoms with Crippen LogP contribution in [0.5, 0.6) is 0 Å². The van der Waals surface area contributed by atoms with Crippen LogP contribution in [0.1, 0.15) is 108 Å². The maximum Gasteiger partial charge on any atom is 0.416 e. The van der Waals surface area contributed by atoms with Gasteiger partial charge in [0.25, 0.3) is 54.2 Å². The molecule has 127 heavy (non-hydrogen) atoms. The number of aliphatic hydroxyl groups excluding tert-OH is 4. The molecule has 9 N–H and O–H groups in total. The van der Waals surface area contributed by atoms with Gasteiger partial charge < -0.3 is 72.9 Å². The number of fused-ring (bicyclic) bond motifs is 4. The van der Waals surface area contributed by atoms with E-state index in [9.17, 15) is 89.5 Å². The highest BCUT2D eigenvalue weighted by molar-refractivity contribution is 6.08. The fourth-order valence-electron chi connectivity index (χ4n) is 14.5. The number of alkyl halides is 7. The molecule has 666 valence electrons. The molecule has 4 aliphatic rings. The number of ether oxygens (including phenoxy) is 3. The molecule has 16 rings (SSSR count). The van der Waals surface area contributed by atoms with E-state index in [-0.39, 0.29) is 121 Å². The Morgan fingerprint density at radius 1 is 0.449 bits per heavy atom. The van der Waals surface area contributed by atoms with E-state index in [4.69, 9.17) is 14.2 Å². The molecule has 12 aromatic rings. The predicted octanol–water partition coefficient (Wildman–Crippen LogP) is 10.6. The quantitative estimate of drug-likeness (QED) is 0.0227. The average molecular weight is 1760 g/mol. The number of rotatable bonds is 26. The number of carbonyl (C=O) groups is 8. The van der Waals surface area contributed by atoms with Crippen molar-refractivity contribution in [2.45, 2.75) is 84.7 Å². The number of hydrogen-bond donors (Lipinski definition) is 9. The molecular weight excluding hydrogens is 1670 g/mol. The van der Waals surface area contributed by atoms with Crippen molar-refractivity contribution in [1.82, 2.24) is 53.5 Å². The normalized spacial score (nSPS) is 14.3. The summed E-state index contributed by atoms with van der Waals surface area (Å²) in [7, 11) is 0. The summed E-state index contributed by atoms with van der Waals surface area (Å²) in [6.45, 7) is 8.91. The molecule has 9 heterocycles. The van der Waals surface area contributed by atoms with Crippen LogP contribution in [0.15, 0.2) is 152 Å². The van der Waals surface area contributed by atoms with Crippen molar-refractivity contribution < 1.29 is 104 Å². The third kappa shape index (κ3) is 21.6. The van der Waals surface area contributed by atoms with Gasteiger partial charge >= 0.3 is 12.2 Å². The first-order valence-corrected chi connectivity index (χ1v) is 40.3. The number of carbonyl (C=O) groups excluding carboxylic acids is 8. The zero-order valence-electron chi connectivity index (χ0n) is 68.5. The summed E-state index contributed by atoms with van der Waals surface area (Å²) in [5, 5.41) is 50.6. The van der Waals surface area contributed by atoms with E-state index in [1.54, 1.807) is 63.6 Å². The Morgan fingerprint density at radius 2 is 0.835 bits per heavy atom. The lowest BCUT2D eigenvalue weighted by molar-refractivity contribution is -0.137. The Hall–Kier alpha value is -13.7. The van der Waals surface area contributed by atoms with Gasteiger partial charge in [0.15, 0.2) is 0 Å². The third-order valence-corrected chi connectivity index (χ3v) is 20.7. The highest BCUT2D eigenvalue weighted by Crippen LogP contribution is 2.36. The van der Waals surface area contributed by atoms with E-state index in [1.165, 1.54) is 67.1 Å². The number of amides is 9. The van der Waals surface area contributed by atoms with Crippen molar-refractivity contribution in [2.75, 3.05) is 140 Å². The second-order valence-electron chi connectivity index (χ2n) is 29.3. The molecular formula is C86H88F7N19O15.